The lowest BCUT2D eigenvalue weighted by molar-refractivity contribution is 0.494. The maximum atomic E-state index is 6.28. The molecule has 2 unspecified atom stereocenters. The van der Waals surface area contributed by atoms with Gasteiger partial charge in [0.1, 0.15) is 5.82 Å². The molecule has 1 N–H and O–H groups in total. The van der Waals surface area contributed by atoms with Crippen LogP contribution in [0.5, 0.6) is 0 Å². The molecule has 1 saturated heterocycles. The Labute approximate surface area is 125 Å². The molecule has 20 heavy (non-hydrogen) atoms. The Bertz CT molecular complexity index is 488. The summed E-state index contributed by atoms with van der Waals surface area (Å²) in [6, 6.07) is 2.91. The van der Waals surface area contributed by atoms with Crippen LogP contribution in [-0.2, 0) is 6.54 Å². The largest absolute Gasteiger partial charge is 0.356 e. The van der Waals surface area contributed by atoms with E-state index in [0.29, 0.717) is 6.04 Å². The normalized spacial score (nSPS) is 28.9. The highest BCUT2D eigenvalue weighted by atomic mass is 35.5. The van der Waals surface area contributed by atoms with E-state index in [1.165, 1.54) is 50.8 Å². The van der Waals surface area contributed by atoms with Gasteiger partial charge in [-0.2, -0.15) is 0 Å². The van der Waals surface area contributed by atoms with Gasteiger partial charge in [0, 0.05) is 31.9 Å². The van der Waals surface area contributed by atoms with Gasteiger partial charge < -0.3 is 10.2 Å². The molecule has 0 amide bonds. The number of fused-ring (bicyclic) bond motifs is 1. The van der Waals surface area contributed by atoms with Gasteiger partial charge in [0.25, 0.3) is 0 Å². The monoisotopic (exact) mass is 291 g/mol. The first-order chi connectivity index (χ1) is 9.79. The summed E-state index contributed by atoms with van der Waals surface area (Å²) in [6.07, 6.45) is 8.69. The van der Waals surface area contributed by atoms with E-state index in [9.17, 15) is 0 Å². The quantitative estimate of drug-likeness (QED) is 0.923. The molecule has 0 radical (unpaired) electrons. The lowest BCUT2D eigenvalue weighted by Crippen LogP contribution is -2.22. The fourth-order valence-corrected chi connectivity index (χ4v) is 3.91. The average Bonchev–Trinajstić information content (AvgIpc) is 3.02. The van der Waals surface area contributed by atoms with Crippen LogP contribution in [0, 0.1) is 11.8 Å². The van der Waals surface area contributed by atoms with E-state index in [0.717, 1.165) is 29.2 Å². The Morgan fingerprint density at radius 3 is 2.65 bits per heavy atom. The SMILES string of the molecule is Clc1cnc(N2CC3CCCC3C2)cc1CNC1CC1. The van der Waals surface area contributed by atoms with Crippen molar-refractivity contribution in [1.82, 2.24) is 10.3 Å². The van der Waals surface area contributed by atoms with Crippen molar-refractivity contribution >= 4 is 17.4 Å². The lowest BCUT2D eigenvalue weighted by Gasteiger charge is -2.19. The van der Waals surface area contributed by atoms with Crippen molar-refractivity contribution in [2.75, 3.05) is 18.0 Å². The van der Waals surface area contributed by atoms with Gasteiger partial charge in [0.05, 0.1) is 5.02 Å². The van der Waals surface area contributed by atoms with Crippen molar-refractivity contribution in [3.63, 3.8) is 0 Å². The van der Waals surface area contributed by atoms with Gasteiger partial charge in [-0.1, -0.05) is 18.0 Å². The van der Waals surface area contributed by atoms with Crippen LogP contribution in [0.1, 0.15) is 37.7 Å². The molecule has 3 fully saturated rings. The molecule has 0 spiro atoms. The van der Waals surface area contributed by atoms with E-state index >= 15 is 0 Å². The molecular weight excluding hydrogens is 270 g/mol. The molecule has 0 aromatic carbocycles. The number of anilines is 1. The molecule has 1 aromatic rings. The summed E-state index contributed by atoms with van der Waals surface area (Å²) < 4.78 is 0. The second kappa shape index (κ2) is 5.19. The second-order valence-electron chi connectivity index (χ2n) is 6.65. The summed E-state index contributed by atoms with van der Waals surface area (Å²) in [7, 11) is 0. The smallest absolute Gasteiger partial charge is 0.128 e. The molecule has 4 rings (SSSR count). The molecule has 2 aliphatic carbocycles. The van der Waals surface area contributed by atoms with E-state index in [-0.39, 0.29) is 0 Å². The number of hydrogen-bond donors (Lipinski definition) is 1. The fraction of sp³-hybridized carbons (Fsp3) is 0.688. The first-order valence-corrected chi connectivity index (χ1v) is 8.30. The van der Waals surface area contributed by atoms with Gasteiger partial charge in [-0.25, -0.2) is 4.98 Å². The van der Waals surface area contributed by atoms with E-state index < -0.39 is 0 Å². The van der Waals surface area contributed by atoms with Gasteiger partial charge >= 0.3 is 0 Å². The molecule has 2 atom stereocenters. The highest BCUT2D eigenvalue weighted by Gasteiger charge is 2.36. The minimum Gasteiger partial charge on any atom is -0.356 e. The predicted octanol–water partition coefficient (Wildman–Crippen LogP) is 3.22. The molecule has 1 aliphatic heterocycles. The number of rotatable bonds is 4. The van der Waals surface area contributed by atoms with Gasteiger partial charge in [-0.3, -0.25) is 0 Å². The fourth-order valence-electron chi connectivity index (χ4n) is 3.74. The van der Waals surface area contributed by atoms with Gasteiger partial charge in [0.2, 0.25) is 0 Å². The van der Waals surface area contributed by atoms with Crippen molar-refractivity contribution in [1.29, 1.82) is 0 Å². The van der Waals surface area contributed by atoms with Crippen molar-refractivity contribution < 1.29 is 0 Å². The van der Waals surface area contributed by atoms with E-state index in [4.69, 9.17) is 11.6 Å². The molecule has 3 nitrogen and oxygen atoms in total. The van der Waals surface area contributed by atoms with Crippen LogP contribution in [0.25, 0.3) is 0 Å². The summed E-state index contributed by atoms with van der Waals surface area (Å²) in [5.74, 6) is 2.93. The third-order valence-electron chi connectivity index (χ3n) is 5.13. The number of halogens is 1. The zero-order chi connectivity index (χ0) is 13.5. The standard InChI is InChI=1S/C16H22ClN3/c17-15-8-19-16(6-13(15)7-18-14-4-5-14)20-9-11-2-1-3-12(11)10-20/h6,8,11-12,14,18H,1-5,7,9-10H2. The van der Waals surface area contributed by atoms with E-state index in [1.807, 2.05) is 6.20 Å². The van der Waals surface area contributed by atoms with Gasteiger partial charge in [-0.05, 0) is 49.1 Å². The van der Waals surface area contributed by atoms with Gasteiger partial charge in [-0.15, -0.1) is 0 Å². The van der Waals surface area contributed by atoms with Crippen molar-refractivity contribution in [2.45, 2.75) is 44.7 Å². The lowest BCUT2D eigenvalue weighted by atomic mass is 10.0. The van der Waals surface area contributed by atoms with Crippen molar-refractivity contribution in [3.05, 3.63) is 22.8 Å². The predicted molar refractivity (Wildman–Crippen MR) is 82.2 cm³/mol. The molecule has 2 heterocycles. The number of nitrogens with zero attached hydrogens (tertiary/aromatic N) is 2. The van der Waals surface area contributed by atoms with Crippen LogP contribution in [-0.4, -0.2) is 24.1 Å². The second-order valence-corrected chi connectivity index (χ2v) is 7.05. The van der Waals surface area contributed by atoms with E-state index in [1.54, 1.807) is 0 Å². The third-order valence-corrected chi connectivity index (χ3v) is 5.47. The number of hydrogen-bond acceptors (Lipinski definition) is 3. The van der Waals surface area contributed by atoms with Gasteiger partial charge in [0.15, 0.2) is 0 Å². The Morgan fingerprint density at radius 2 is 1.95 bits per heavy atom. The first-order valence-electron chi connectivity index (χ1n) is 7.92. The van der Waals surface area contributed by atoms with Crippen LogP contribution in [0.2, 0.25) is 5.02 Å². The molecule has 1 aromatic heterocycles. The third kappa shape index (κ3) is 2.53. The minimum absolute atomic E-state index is 0.717. The van der Waals surface area contributed by atoms with E-state index in [2.05, 4.69) is 21.3 Å². The topological polar surface area (TPSA) is 28.2 Å². The molecule has 108 valence electrons. The number of pyridine rings is 1. The van der Waals surface area contributed by atoms with Crippen LogP contribution < -0.4 is 10.2 Å². The maximum absolute atomic E-state index is 6.28. The summed E-state index contributed by atoms with van der Waals surface area (Å²) in [4.78, 5) is 7.02. The van der Waals surface area contributed by atoms with Crippen LogP contribution >= 0.6 is 11.6 Å². The molecule has 4 heteroatoms. The van der Waals surface area contributed by atoms with Crippen LogP contribution in [0.4, 0.5) is 5.82 Å². The summed E-state index contributed by atoms with van der Waals surface area (Å²) in [6.45, 7) is 3.25. The number of nitrogens with one attached hydrogen (secondary N) is 1. The summed E-state index contributed by atoms with van der Waals surface area (Å²) in [5, 5.41) is 4.33. The first kappa shape index (κ1) is 12.9. The summed E-state index contributed by atoms with van der Waals surface area (Å²) in [5.41, 5.74) is 1.20. The Hall–Kier alpha value is -0.800. The highest BCUT2D eigenvalue weighted by Crippen LogP contribution is 2.39. The summed E-state index contributed by atoms with van der Waals surface area (Å²) >= 11 is 6.28. The maximum Gasteiger partial charge on any atom is 0.128 e. The van der Waals surface area contributed by atoms with Crippen LogP contribution in [0.3, 0.4) is 0 Å². The zero-order valence-corrected chi connectivity index (χ0v) is 12.6. The molecule has 2 saturated carbocycles. The Kier molecular flexibility index (Phi) is 3.35. The Balaban J connectivity index is 1.48. The Morgan fingerprint density at radius 1 is 1.20 bits per heavy atom. The number of aromatic nitrogens is 1. The van der Waals surface area contributed by atoms with Crippen molar-refractivity contribution in [2.24, 2.45) is 11.8 Å². The average molecular weight is 292 g/mol. The van der Waals surface area contributed by atoms with Crippen LogP contribution in [0.15, 0.2) is 12.3 Å². The minimum atomic E-state index is 0.717. The molecular formula is C16H22ClN3. The van der Waals surface area contributed by atoms with Crippen molar-refractivity contribution in [3.8, 4) is 0 Å². The zero-order valence-electron chi connectivity index (χ0n) is 11.8. The molecule has 0 bridgehead atoms. The highest BCUT2D eigenvalue weighted by molar-refractivity contribution is 6.31. The molecule has 3 aliphatic rings.